The number of hydrogen-bond donors (Lipinski definition) is 1. The Bertz CT molecular complexity index is 703. The van der Waals surface area contributed by atoms with Crippen LogP contribution in [0, 0.1) is 5.92 Å². The summed E-state index contributed by atoms with van der Waals surface area (Å²) in [5.74, 6) is -2.50. The number of halogens is 3. The predicted molar refractivity (Wildman–Crippen MR) is 86.1 cm³/mol. The molecule has 1 fully saturated rings. The van der Waals surface area contributed by atoms with Crippen LogP contribution in [0.25, 0.3) is 0 Å². The minimum atomic E-state index is -4.53. The van der Waals surface area contributed by atoms with E-state index in [-0.39, 0.29) is 24.7 Å². The van der Waals surface area contributed by atoms with Gasteiger partial charge in [0.25, 0.3) is 5.91 Å². The number of rotatable bonds is 5. The lowest BCUT2D eigenvalue weighted by atomic mass is 10.1. The molecule has 1 aromatic carbocycles. The Morgan fingerprint density at radius 2 is 2.04 bits per heavy atom. The van der Waals surface area contributed by atoms with E-state index < -0.39 is 42.0 Å². The molecule has 9 heteroatoms. The molecule has 6 nitrogen and oxygen atoms in total. The average Bonchev–Trinajstić information content (AvgIpc) is 2.93. The molecule has 26 heavy (non-hydrogen) atoms. The van der Waals surface area contributed by atoms with Gasteiger partial charge < -0.3 is 15.0 Å². The predicted octanol–water partition coefficient (Wildman–Crippen LogP) is 2.13. The number of alkyl halides is 3. The summed E-state index contributed by atoms with van der Waals surface area (Å²) < 4.78 is 43.3. The number of benzene rings is 1. The van der Waals surface area contributed by atoms with Crippen molar-refractivity contribution >= 4 is 23.5 Å². The number of anilines is 1. The van der Waals surface area contributed by atoms with Crippen LogP contribution in [0.3, 0.4) is 0 Å². The smallest absolute Gasteiger partial charge is 0.416 e. The van der Waals surface area contributed by atoms with Gasteiger partial charge in [0.15, 0.2) is 6.61 Å². The van der Waals surface area contributed by atoms with E-state index in [4.69, 9.17) is 4.74 Å². The van der Waals surface area contributed by atoms with Gasteiger partial charge >= 0.3 is 12.1 Å². The maximum Gasteiger partial charge on any atom is 0.416 e. The largest absolute Gasteiger partial charge is 0.455 e. The van der Waals surface area contributed by atoms with Gasteiger partial charge in [-0.15, -0.1) is 0 Å². The second kappa shape index (κ2) is 7.76. The summed E-state index contributed by atoms with van der Waals surface area (Å²) in [5, 5.41) is 2.55. The number of esters is 1. The molecule has 0 bridgehead atoms. The van der Waals surface area contributed by atoms with Crippen molar-refractivity contribution in [3.8, 4) is 0 Å². The number of ether oxygens (including phenoxy) is 1. The fraction of sp³-hybridized carbons (Fsp3) is 0.471. The molecule has 0 spiro atoms. The van der Waals surface area contributed by atoms with Crippen LogP contribution in [0.5, 0.6) is 0 Å². The number of carbonyl (C=O) groups excluding carboxylic acids is 3. The van der Waals surface area contributed by atoms with Crippen LogP contribution in [-0.4, -0.2) is 37.0 Å². The zero-order valence-electron chi connectivity index (χ0n) is 14.3. The average molecular weight is 372 g/mol. The molecule has 142 valence electrons. The highest BCUT2D eigenvalue weighted by atomic mass is 19.4. The quantitative estimate of drug-likeness (QED) is 0.804. The monoisotopic (exact) mass is 372 g/mol. The second-order valence-electron chi connectivity index (χ2n) is 6.28. The lowest BCUT2D eigenvalue weighted by molar-refractivity contribution is -0.152. The number of nitrogens with one attached hydrogen (secondary N) is 1. The fourth-order valence-corrected chi connectivity index (χ4v) is 2.58. The first-order chi connectivity index (χ1) is 12.1. The number of amides is 2. The van der Waals surface area contributed by atoms with Gasteiger partial charge in [0.2, 0.25) is 5.91 Å². The third-order valence-electron chi connectivity index (χ3n) is 3.74. The van der Waals surface area contributed by atoms with Crippen LogP contribution < -0.4 is 10.2 Å². The third kappa shape index (κ3) is 4.96. The van der Waals surface area contributed by atoms with E-state index in [2.05, 4.69) is 5.32 Å². The standard InChI is InChI=1S/C17H19F3N2O4/c1-10(2)21-14(23)9-26-16(25)11-6-15(24)22(8-11)13-5-3-4-12(7-13)17(18,19)20/h3-5,7,10-11H,6,8-9H2,1-2H3,(H,21,23)/t11-/m1/s1. The molecule has 2 rings (SSSR count). The van der Waals surface area contributed by atoms with Gasteiger partial charge in [0.05, 0.1) is 11.5 Å². The van der Waals surface area contributed by atoms with E-state index in [9.17, 15) is 27.6 Å². The normalized spacial score (nSPS) is 17.5. The molecule has 1 aliphatic rings. The number of hydrogen-bond acceptors (Lipinski definition) is 4. The summed E-state index contributed by atoms with van der Waals surface area (Å²) in [5.41, 5.74) is -0.808. The first-order valence-electron chi connectivity index (χ1n) is 8.01. The zero-order chi connectivity index (χ0) is 19.5. The molecule has 1 atom stereocenters. The highest BCUT2D eigenvalue weighted by Crippen LogP contribution is 2.33. The maximum atomic E-state index is 12.8. The molecule has 1 heterocycles. The third-order valence-corrected chi connectivity index (χ3v) is 3.74. The van der Waals surface area contributed by atoms with Crippen molar-refractivity contribution < 1.29 is 32.3 Å². The Hall–Kier alpha value is -2.58. The fourth-order valence-electron chi connectivity index (χ4n) is 2.58. The van der Waals surface area contributed by atoms with Crippen molar-refractivity contribution in [2.24, 2.45) is 5.92 Å². The lowest BCUT2D eigenvalue weighted by Gasteiger charge is -2.18. The number of nitrogens with zero attached hydrogens (tertiary/aromatic N) is 1. The van der Waals surface area contributed by atoms with E-state index in [1.54, 1.807) is 13.8 Å². The SMILES string of the molecule is CC(C)NC(=O)COC(=O)[C@@H]1CC(=O)N(c2cccc(C(F)(F)F)c2)C1. The van der Waals surface area contributed by atoms with Crippen LogP contribution >= 0.6 is 0 Å². The van der Waals surface area contributed by atoms with Gasteiger partial charge in [0, 0.05) is 24.7 Å². The molecule has 1 N–H and O–H groups in total. The molecule has 0 saturated carbocycles. The second-order valence-corrected chi connectivity index (χ2v) is 6.28. The molecule has 0 aliphatic carbocycles. The lowest BCUT2D eigenvalue weighted by Crippen LogP contribution is -2.35. The van der Waals surface area contributed by atoms with Crippen LogP contribution in [-0.2, 0) is 25.3 Å². The van der Waals surface area contributed by atoms with E-state index >= 15 is 0 Å². The molecule has 1 aliphatic heterocycles. The van der Waals surface area contributed by atoms with Crippen molar-refractivity contribution in [2.75, 3.05) is 18.1 Å². The van der Waals surface area contributed by atoms with Gasteiger partial charge in [-0.25, -0.2) is 0 Å². The van der Waals surface area contributed by atoms with Crippen LogP contribution in [0.15, 0.2) is 24.3 Å². The Morgan fingerprint density at radius 1 is 1.35 bits per heavy atom. The molecule has 1 aromatic rings. The van der Waals surface area contributed by atoms with Crippen LogP contribution in [0.1, 0.15) is 25.8 Å². The Kier molecular flexibility index (Phi) is 5.89. The van der Waals surface area contributed by atoms with E-state index in [0.29, 0.717) is 0 Å². The molecular weight excluding hydrogens is 353 g/mol. The summed E-state index contributed by atoms with van der Waals surface area (Å²) in [6.07, 6.45) is -4.71. The first-order valence-corrected chi connectivity index (χ1v) is 8.01. The van der Waals surface area contributed by atoms with Crippen molar-refractivity contribution in [2.45, 2.75) is 32.5 Å². The van der Waals surface area contributed by atoms with Crippen LogP contribution in [0.4, 0.5) is 18.9 Å². The summed E-state index contributed by atoms with van der Waals surface area (Å²) in [6, 6.07) is 4.24. The Morgan fingerprint density at radius 3 is 2.65 bits per heavy atom. The topological polar surface area (TPSA) is 75.7 Å². The molecule has 2 amide bonds. The summed E-state index contributed by atoms with van der Waals surface area (Å²) >= 11 is 0. The summed E-state index contributed by atoms with van der Waals surface area (Å²) in [6.45, 7) is 2.95. The van der Waals surface area contributed by atoms with Crippen molar-refractivity contribution in [1.82, 2.24) is 5.32 Å². The van der Waals surface area contributed by atoms with Crippen LogP contribution in [0.2, 0.25) is 0 Å². The van der Waals surface area contributed by atoms with Crippen molar-refractivity contribution in [3.63, 3.8) is 0 Å². The first kappa shape index (κ1) is 19.7. The molecule has 0 radical (unpaired) electrons. The van der Waals surface area contributed by atoms with Crippen molar-refractivity contribution in [3.05, 3.63) is 29.8 Å². The summed E-state index contributed by atoms with van der Waals surface area (Å²) in [7, 11) is 0. The zero-order valence-corrected chi connectivity index (χ0v) is 14.3. The maximum absolute atomic E-state index is 12.8. The summed E-state index contributed by atoms with van der Waals surface area (Å²) in [4.78, 5) is 36.7. The van der Waals surface area contributed by atoms with E-state index in [1.807, 2.05) is 0 Å². The van der Waals surface area contributed by atoms with Gasteiger partial charge in [-0.3, -0.25) is 14.4 Å². The van der Waals surface area contributed by atoms with Gasteiger partial charge in [-0.1, -0.05) is 6.07 Å². The Balaban J connectivity index is 2.00. The van der Waals surface area contributed by atoms with Crippen molar-refractivity contribution in [1.29, 1.82) is 0 Å². The van der Waals surface area contributed by atoms with Gasteiger partial charge in [-0.2, -0.15) is 13.2 Å². The highest BCUT2D eigenvalue weighted by molar-refractivity contribution is 5.99. The highest BCUT2D eigenvalue weighted by Gasteiger charge is 2.37. The minimum absolute atomic E-state index is 0.0673. The van der Waals surface area contributed by atoms with E-state index in [0.717, 1.165) is 17.0 Å². The Labute approximate surface area is 148 Å². The van der Waals surface area contributed by atoms with E-state index in [1.165, 1.54) is 12.1 Å². The minimum Gasteiger partial charge on any atom is -0.455 e. The number of carbonyl (C=O) groups is 3. The molecule has 0 aromatic heterocycles. The van der Waals surface area contributed by atoms with Gasteiger partial charge in [0.1, 0.15) is 0 Å². The molecular formula is C17H19F3N2O4. The molecule has 1 saturated heterocycles. The van der Waals surface area contributed by atoms with Gasteiger partial charge in [-0.05, 0) is 32.0 Å². The molecule has 0 unspecified atom stereocenters.